The predicted molar refractivity (Wildman–Crippen MR) is 75.7 cm³/mol. The van der Waals surface area contributed by atoms with Gasteiger partial charge in [0.25, 0.3) is 0 Å². The molecule has 5 nitrogen and oxygen atoms in total. The van der Waals surface area contributed by atoms with E-state index >= 15 is 0 Å². The molecule has 1 saturated heterocycles. The van der Waals surface area contributed by atoms with E-state index in [1.165, 1.54) is 11.8 Å². The minimum atomic E-state index is -0.908. The molecule has 0 spiro atoms. The van der Waals surface area contributed by atoms with Gasteiger partial charge in [0, 0.05) is 11.4 Å². The van der Waals surface area contributed by atoms with Crippen molar-refractivity contribution in [1.29, 1.82) is 0 Å². The number of ether oxygens (including phenoxy) is 1. The maximum atomic E-state index is 12.2. The number of morpholine rings is 1. The maximum absolute atomic E-state index is 12.2. The van der Waals surface area contributed by atoms with Gasteiger partial charge >= 0.3 is 5.97 Å². The zero-order chi connectivity index (χ0) is 14.4. The van der Waals surface area contributed by atoms with E-state index in [0.29, 0.717) is 25.5 Å². The highest BCUT2D eigenvalue weighted by Gasteiger charge is 2.28. The van der Waals surface area contributed by atoms with Gasteiger partial charge in [0.1, 0.15) is 0 Å². The highest BCUT2D eigenvalue weighted by Crippen LogP contribution is 2.19. The second-order valence-corrected chi connectivity index (χ2v) is 5.56. The summed E-state index contributed by atoms with van der Waals surface area (Å²) in [6.45, 7) is 1.23. The van der Waals surface area contributed by atoms with E-state index in [1.807, 2.05) is 30.3 Å². The molecular formula is C14H17NO4S. The van der Waals surface area contributed by atoms with Crippen LogP contribution >= 0.6 is 11.8 Å². The average molecular weight is 295 g/mol. The Morgan fingerprint density at radius 2 is 2.10 bits per heavy atom. The Bertz CT molecular complexity index is 466. The number of nitrogens with zero attached hydrogens (tertiary/aromatic N) is 1. The number of hydrogen-bond acceptors (Lipinski definition) is 4. The molecule has 6 heteroatoms. The first-order valence-electron chi connectivity index (χ1n) is 6.43. The Morgan fingerprint density at radius 3 is 2.80 bits per heavy atom. The third kappa shape index (κ3) is 4.25. The number of rotatable bonds is 5. The summed E-state index contributed by atoms with van der Waals surface area (Å²) in [5.74, 6) is -0.623. The number of hydrogen-bond donors (Lipinski definition) is 1. The molecule has 1 aliphatic heterocycles. The van der Waals surface area contributed by atoms with E-state index in [4.69, 9.17) is 9.84 Å². The van der Waals surface area contributed by atoms with E-state index in [9.17, 15) is 9.59 Å². The van der Waals surface area contributed by atoms with E-state index < -0.39 is 5.97 Å². The predicted octanol–water partition coefficient (Wildman–Crippen LogP) is 1.48. The molecule has 1 atom stereocenters. The fourth-order valence-electron chi connectivity index (χ4n) is 2.10. The topological polar surface area (TPSA) is 66.8 Å². The molecular weight excluding hydrogens is 278 g/mol. The standard InChI is InChI=1S/C14H17NO4S/c16-13(10-20-12-4-2-1-3-5-12)15-6-7-19-9-11(15)8-14(17)18/h1-5,11H,6-10H2,(H,17,18)/t11-/m1/s1. The molecule has 2 rings (SSSR count). The average Bonchev–Trinajstić information content (AvgIpc) is 2.46. The van der Waals surface area contributed by atoms with Crippen LogP contribution in [0.5, 0.6) is 0 Å². The largest absolute Gasteiger partial charge is 0.481 e. The first kappa shape index (κ1) is 14.9. The van der Waals surface area contributed by atoms with Gasteiger partial charge < -0.3 is 14.7 Å². The fourth-order valence-corrected chi connectivity index (χ4v) is 2.90. The normalized spacial score (nSPS) is 18.8. The Hall–Kier alpha value is -1.53. The van der Waals surface area contributed by atoms with Gasteiger partial charge in [-0.3, -0.25) is 9.59 Å². The minimum Gasteiger partial charge on any atom is -0.481 e. The number of amides is 1. The molecule has 0 unspecified atom stereocenters. The van der Waals surface area contributed by atoms with E-state index in [-0.39, 0.29) is 18.4 Å². The van der Waals surface area contributed by atoms with Gasteiger partial charge in [0.15, 0.2) is 0 Å². The fraction of sp³-hybridized carbons (Fsp3) is 0.429. The zero-order valence-corrected chi connectivity index (χ0v) is 11.8. The van der Waals surface area contributed by atoms with Crippen LogP contribution in [0, 0.1) is 0 Å². The molecule has 1 aliphatic rings. The Labute approximate surface area is 121 Å². The van der Waals surface area contributed by atoms with Crippen molar-refractivity contribution in [3.8, 4) is 0 Å². The summed E-state index contributed by atoms with van der Waals surface area (Å²) in [5.41, 5.74) is 0. The summed E-state index contributed by atoms with van der Waals surface area (Å²) in [4.78, 5) is 25.7. The molecule has 0 bridgehead atoms. The third-order valence-corrected chi connectivity index (χ3v) is 4.06. The first-order valence-corrected chi connectivity index (χ1v) is 7.42. The third-order valence-electron chi connectivity index (χ3n) is 3.06. The zero-order valence-electron chi connectivity index (χ0n) is 11.0. The second kappa shape index (κ2) is 7.31. The lowest BCUT2D eigenvalue weighted by Gasteiger charge is -2.34. The van der Waals surface area contributed by atoms with Gasteiger partial charge in [-0.2, -0.15) is 0 Å². The molecule has 1 aromatic rings. The molecule has 0 saturated carbocycles. The molecule has 1 heterocycles. The van der Waals surface area contributed by atoms with Crippen LogP contribution in [0.25, 0.3) is 0 Å². The number of carbonyl (C=O) groups excluding carboxylic acids is 1. The summed E-state index contributed by atoms with van der Waals surface area (Å²) in [6, 6.07) is 9.32. The molecule has 1 aromatic carbocycles. The van der Waals surface area contributed by atoms with Crippen LogP contribution in [-0.4, -0.2) is 53.4 Å². The number of thioether (sulfide) groups is 1. The molecule has 0 aromatic heterocycles. The lowest BCUT2D eigenvalue weighted by atomic mass is 10.1. The number of carboxylic acids is 1. The Kier molecular flexibility index (Phi) is 5.43. The van der Waals surface area contributed by atoms with Crippen molar-refractivity contribution in [2.75, 3.05) is 25.5 Å². The number of aliphatic carboxylic acids is 1. The van der Waals surface area contributed by atoms with Crippen LogP contribution in [0.4, 0.5) is 0 Å². The molecule has 20 heavy (non-hydrogen) atoms. The van der Waals surface area contributed by atoms with Crippen LogP contribution in [-0.2, 0) is 14.3 Å². The van der Waals surface area contributed by atoms with Gasteiger partial charge in [-0.1, -0.05) is 18.2 Å². The van der Waals surface area contributed by atoms with E-state index in [0.717, 1.165) is 4.90 Å². The lowest BCUT2D eigenvalue weighted by molar-refractivity contribution is -0.144. The maximum Gasteiger partial charge on any atom is 0.305 e. The molecule has 1 fully saturated rings. The van der Waals surface area contributed by atoms with Crippen molar-refractivity contribution >= 4 is 23.6 Å². The Balaban J connectivity index is 1.90. The van der Waals surface area contributed by atoms with Crippen molar-refractivity contribution < 1.29 is 19.4 Å². The van der Waals surface area contributed by atoms with Gasteiger partial charge in [0.2, 0.25) is 5.91 Å². The van der Waals surface area contributed by atoms with Crippen molar-refractivity contribution in [3.05, 3.63) is 30.3 Å². The number of carboxylic acid groups (broad SMARTS) is 1. The first-order chi connectivity index (χ1) is 9.66. The van der Waals surface area contributed by atoms with Gasteiger partial charge in [0.05, 0.1) is 31.4 Å². The van der Waals surface area contributed by atoms with Crippen molar-refractivity contribution in [2.24, 2.45) is 0 Å². The lowest BCUT2D eigenvalue weighted by Crippen LogP contribution is -2.50. The van der Waals surface area contributed by atoms with Crippen molar-refractivity contribution in [3.63, 3.8) is 0 Å². The van der Waals surface area contributed by atoms with Crippen LogP contribution < -0.4 is 0 Å². The summed E-state index contributed by atoms with van der Waals surface area (Å²) in [6.07, 6.45) is -0.0677. The van der Waals surface area contributed by atoms with Gasteiger partial charge in [-0.05, 0) is 12.1 Å². The van der Waals surface area contributed by atoms with Crippen molar-refractivity contribution in [2.45, 2.75) is 17.4 Å². The van der Waals surface area contributed by atoms with Crippen LogP contribution in [0.15, 0.2) is 35.2 Å². The van der Waals surface area contributed by atoms with E-state index in [1.54, 1.807) is 4.90 Å². The van der Waals surface area contributed by atoms with E-state index in [2.05, 4.69) is 0 Å². The molecule has 0 radical (unpaired) electrons. The smallest absolute Gasteiger partial charge is 0.305 e. The van der Waals surface area contributed by atoms with Gasteiger partial charge in [-0.15, -0.1) is 11.8 Å². The molecule has 0 aliphatic carbocycles. The van der Waals surface area contributed by atoms with Crippen LogP contribution in [0.3, 0.4) is 0 Å². The summed E-state index contributed by atoms with van der Waals surface area (Å²) < 4.78 is 5.26. The molecule has 1 N–H and O–H groups in total. The highest BCUT2D eigenvalue weighted by atomic mass is 32.2. The highest BCUT2D eigenvalue weighted by molar-refractivity contribution is 8.00. The monoisotopic (exact) mass is 295 g/mol. The van der Waals surface area contributed by atoms with Crippen LogP contribution in [0.2, 0.25) is 0 Å². The van der Waals surface area contributed by atoms with Gasteiger partial charge in [-0.25, -0.2) is 0 Å². The molecule has 108 valence electrons. The summed E-state index contributed by atoms with van der Waals surface area (Å²) >= 11 is 1.46. The number of benzene rings is 1. The molecule has 1 amide bonds. The second-order valence-electron chi connectivity index (χ2n) is 4.52. The summed E-state index contributed by atoms with van der Waals surface area (Å²) in [5, 5.41) is 8.87. The summed E-state index contributed by atoms with van der Waals surface area (Å²) in [7, 11) is 0. The number of carbonyl (C=O) groups is 2. The SMILES string of the molecule is O=C(O)C[C@@H]1COCCN1C(=O)CSc1ccccc1. The van der Waals surface area contributed by atoms with Crippen molar-refractivity contribution in [1.82, 2.24) is 4.90 Å². The minimum absolute atomic E-state index is 0.0339. The quantitative estimate of drug-likeness (QED) is 0.834. The Morgan fingerprint density at radius 1 is 1.35 bits per heavy atom. The van der Waals surface area contributed by atoms with Crippen LogP contribution in [0.1, 0.15) is 6.42 Å².